The third-order valence-electron chi connectivity index (χ3n) is 2.56. The molecule has 2 N–H and O–H groups in total. The van der Waals surface area contributed by atoms with Gasteiger partial charge in [0.2, 0.25) is 0 Å². The number of benzene rings is 1. The third kappa shape index (κ3) is 1.91. The maximum Gasteiger partial charge on any atom is 0.129 e. The molecular weight excluding hydrogens is 196 g/mol. The maximum absolute atomic E-state index is 9.79. The summed E-state index contributed by atoms with van der Waals surface area (Å²) in [5.74, 6) is 1.27. The summed E-state index contributed by atoms with van der Waals surface area (Å²) in [6.07, 6.45) is -0.480. The number of ether oxygens (including phenoxy) is 2. The lowest BCUT2D eigenvalue weighted by molar-refractivity contribution is 0.0331. The molecule has 4 heteroatoms. The lowest BCUT2D eigenvalue weighted by Gasteiger charge is -2.28. The van der Waals surface area contributed by atoms with Gasteiger partial charge in [0, 0.05) is 18.1 Å². The van der Waals surface area contributed by atoms with Gasteiger partial charge in [-0.2, -0.15) is 0 Å². The van der Waals surface area contributed by atoms with Crippen LogP contribution in [0, 0.1) is 0 Å². The molecule has 2 unspecified atom stereocenters. The molecule has 0 aromatic heterocycles. The Balaban J connectivity index is 2.33. The molecule has 2 atom stereocenters. The van der Waals surface area contributed by atoms with Crippen LogP contribution in [0.2, 0.25) is 0 Å². The summed E-state index contributed by atoms with van der Waals surface area (Å²) >= 11 is 0. The van der Waals surface area contributed by atoms with Crippen molar-refractivity contribution in [2.75, 3.05) is 13.7 Å². The smallest absolute Gasteiger partial charge is 0.129 e. The second kappa shape index (κ2) is 4.08. The first-order valence-corrected chi connectivity index (χ1v) is 4.88. The van der Waals surface area contributed by atoms with Gasteiger partial charge in [-0.3, -0.25) is 0 Å². The van der Waals surface area contributed by atoms with Gasteiger partial charge < -0.3 is 19.7 Å². The average molecular weight is 210 g/mol. The zero-order chi connectivity index (χ0) is 10.8. The Hall–Kier alpha value is -1.26. The maximum atomic E-state index is 9.79. The number of fused-ring (bicyclic) bond motifs is 1. The summed E-state index contributed by atoms with van der Waals surface area (Å²) < 4.78 is 10.6. The Kier molecular flexibility index (Phi) is 2.79. The fraction of sp³-hybridized carbons (Fsp3) is 0.455. The largest absolute Gasteiger partial charge is 0.497 e. The fourth-order valence-corrected chi connectivity index (χ4v) is 1.73. The Morgan fingerprint density at radius 3 is 3.00 bits per heavy atom. The lowest BCUT2D eigenvalue weighted by atomic mass is 9.99. The van der Waals surface area contributed by atoms with Crippen LogP contribution in [-0.2, 0) is 0 Å². The van der Waals surface area contributed by atoms with Crippen molar-refractivity contribution in [3.63, 3.8) is 0 Å². The molecule has 1 aromatic carbocycles. The molecule has 0 spiro atoms. The highest BCUT2D eigenvalue weighted by Crippen LogP contribution is 2.36. The van der Waals surface area contributed by atoms with Gasteiger partial charge in [0.25, 0.3) is 0 Å². The van der Waals surface area contributed by atoms with E-state index in [0.29, 0.717) is 17.9 Å². The van der Waals surface area contributed by atoms with E-state index in [-0.39, 0.29) is 12.7 Å². The molecule has 0 fully saturated rings. The minimum Gasteiger partial charge on any atom is -0.497 e. The van der Waals surface area contributed by atoms with Gasteiger partial charge in [-0.15, -0.1) is 0 Å². The van der Waals surface area contributed by atoms with Crippen molar-refractivity contribution >= 4 is 0 Å². The Morgan fingerprint density at radius 1 is 1.53 bits per heavy atom. The van der Waals surface area contributed by atoms with Gasteiger partial charge in [-0.25, -0.2) is 0 Å². The number of aliphatic hydroxyl groups excluding tert-OH is 2. The van der Waals surface area contributed by atoms with Gasteiger partial charge in [0.15, 0.2) is 0 Å². The Morgan fingerprint density at radius 2 is 2.33 bits per heavy atom. The van der Waals surface area contributed by atoms with Crippen molar-refractivity contribution in [2.45, 2.75) is 18.6 Å². The molecule has 0 amide bonds. The summed E-state index contributed by atoms with van der Waals surface area (Å²) in [6, 6.07) is 5.29. The van der Waals surface area contributed by atoms with Crippen LogP contribution in [0.1, 0.15) is 18.1 Å². The van der Waals surface area contributed by atoms with E-state index in [1.165, 1.54) is 0 Å². The molecule has 1 heterocycles. The zero-order valence-corrected chi connectivity index (χ0v) is 8.51. The number of hydrogen-bond donors (Lipinski definition) is 2. The summed E-state index contributed by atoms with van der Waals surface area (Å²) in [6.45, 7) is -0.0896. The molecule has 2 rings (SSSR count). The molecule has 82 valence electrons. The Bertz CT molecular complexity index is 350. The predicted molar refractivity (Wildman–Crippen MR) is 54.1 cm³/mol. The van der Waals surface area contributed by atoms with E-state index in [0.717, 1.165) is 5.56 Å². The third-order valence-corrected chi connectivity index (χ3v) is 2.56. The van der Waals surface area contributed by atoms with Gasteiger partial charge in [-0.05, 0) is 12.1 Å². The number of aliphatic hydroxyl groups is 2. The van der Waals surface area contributed by atoms with Crippen LogP contribution in [-0.4, -0.2) is 30.0 Å². The van der Waals surface area contributed by atoms with E-state index in [1.54, 1.807) is 25.3 Å². The van der Waals surface area contributed by atoms with Crippen LogP contribution in [0.3, 0.4) is 0 Å². The van der Waals surface area contributed by atoms with Crippen molar-refractivity contribution in [3.05, 3.63) is 23.8 Å². The van der Waals surface area contributed by atoms with E-state index in [1.807, 2.05) is 0 Å². The number of rotatable bonds is 2. The van der Waals surface area contributed by atoms with Gasteiger partial charge in [-0.1, -0.05) is 0 Å². The molecular formula is C11H14O4. The van der Waals surface area contributed by atoms with E-state index in [4.69, 9.17) is 14.6 Å². The topological polar surface area (TPSA) is 58.9 Å². The molecule has 0 aliphatic carbocycles. The van der Waals surface area contributed by atoms with Crippen LogP contribution in [0.15, 0.2) is 18.2 Å². The number of hydrogen-bond acceptors (Lipinski definition) is 4. The van der Waals surface area contributed by atoms with Gasteiger partial charge in [0.05, 0.1) is 19.8 Å². The first-order valence-electron chi connectivity index (χ1n) is 4.88. The molecule has 1 aromatic rings. The van der Waals surface area contributed by atoms with E-state index in [9.17, 15) is 5.11 Å². The SMILES string of the molecule is COc1ccc2c(c1)OC(CO)CC2O. The van der Waals surface area contributed by atoms with Crippen molar-refractivity contribution in [3.8, 4) is 11.5 Å². The second-order valence-corrected chi connectivity index (χ2v) is 3.58. The van der Waals surface area contributed by atoms with Crippen molar-refractivity contribution in [1.29, 1.82) is 0 Å². The van der Waals surface area contributed by atoms with Crippen LogP contribution in [0.25, 0.3) is 0 Å². The summed E-state index contributed by atoms with van der Waals surface area (Å²) in [5, 5.41) is 18.8. The molecule has 4 nitrogen and oxygen atoms in total. The zero-order valence-electron chi connectivity index (χ0n) is 8.51. The molecule has 1 aliphatic rings. The molecule has 1 aliphatic heterocycles. The standard InChI is InChI=1S/C11H14O4/c1-14-7-2-3-9-10(13)4-8(6-12)15-11(9)5-7/h2-3,5,8,10,12-13H,4,6H2,1H3. The monoisotopic (exact) mass is 210 g/mol. The van der Waals surface area contributed by atoms with Crippen molar-refractivity contribution in [2.24, 2.45) is 0 Å². The molecule has 15 heavy (non-hydrogen) atoms. The highest BCUT2D eigenvalue weighted by Gasteiger charge is 2.26. The predicted octanol–water partition coefficient (Wildman–Crippen LogP) is 0.872. The van der Waals surface area contributed by atoms with Crippen LogP contribution in [0.5, 0.6) is 11.5 Å². The first-order chi connectivity index (χ1) is 7.24. The highest BCUT2D eigenvalue weighted by molar-refractivity contribution is 5.43. The highest BCUT2D eigenvalue weighted by atomic mass is 16.5. The van der Waals surface area contributed by atoms with E-state index in [2.05, 4.69) is 0 Å². The average Bonchev–Trinajstić information content (AvgIpc) is 2.28. The Labute approximate surface area is 88.1 Å². The normalized spacial score (nSPS) is 24.2. The van der Waals surface area contributed by atoms with E-state index < -0.39 is 6.10 Å². The number of methoxy groups -OCH3 is 1. The van der Waals surface area contributed by atoms with Gasteiger partial charge >= 0.3 is 0 Å². The van der Waals surface area contributed by atoms with E-state index >= 15 is 0 Å². The van der Waals surface area contributed by atoms with Crippen LogP contribution < -0.4 is 9.47 Å². The van der Waals surface area contributed by atoms with Crippen molar-refractivity contribution in [1.82, 2.24) is 0 Å². The summed E-state index contributed by atoms with van der Waals surface area (Å²) in [4.78, 5) is 0. The van der Waals surface area contributed by atoms with Gasteiger partial charge in [0.1, 0.15) is 17.6 Å². The molecule has 0 saturated carbocycles. The molecule has 0 radical (unpaired) electrons. The van der Waals surface area contributed by atoms with Crippen LogP contribution in [0.4, 0.5) is 0 Å². The minimum atomic E-state index is -0.572. The summed E-state index contributed by atoms with van der Waals surface area (Å²) in [5.41, 5.74) is 0.750. The minimum absolute atomic E-state index is 0.0896. The second-order valence-electron chi connectivity index (χ2n) is 3.58. The van der Waals surface area contributed by atoms with Crippen molar-refractivity contribution < 1.29 is 19.7 Å². The lowest BCUT2D eigenvalue weighted by Crippen LogP contribution is -2.28. The molecule has 0 saturated heterocycles. The van der Waals surface area contributed by atoms with Crippen LogP contribution >= 0.6 is 0 Å². The molecule has 0 bridgehead atoms. The first kappa shape index (κ1) is 10.3. The summed E-state index contributed by atoms with van der Waals surface area (Å²) in [7, 11) is 1.57. The fourth-order valence-electron chi connectivity index (χ4n) is 1.73. The quantitative estimate of drug-likeness (QED) is 0.760.